The first-order valence-corrected chi connectivity index (χ1v) is 7.15. The number of aromatic nitrogens is 2. The van der Waals surface area contributed by atoms with Crippen LogP contribution in [0.5, 0.6) is 11.5 Å². The number of carbonyl (C=O) groups excluding carboxylic acids is 1. The van der Waals surface area contributed by atoms with Gasteiger partial charge in [0.15, 0.2) is 17.2 Å². The Labute approximate surface area is 137 Å². The van der Waals surface area contributed by atoms with E-state index in [0.717, 1.165) is 0 Å². The Morgan fingerprint density at radius 2 is 1.75 bits per heavy atom. The predicted octanol–water partition coefficient (Wildman–Crippen LogP) is 2.19. The summed E-state index contributed by atoms with van der Waals surface area (Å²) >= 11 is 0. The second-order valence-corrected chi connectivity index (χ2v) is 4.97. The van der Waals surface area contributed by atoms with Crippen LogP contribution in [-0.2, 0) is 0 Å². The van der Waals surface area contributed by atoms with Crippen LogP contribution < -0.4 is 20.3 Å². The van der Waals surface area contributed by atoms with Gasteiger partial charge in [0.25, 0.3) is 11.5 Å². The molecule has 7 heteroatoms. The smallest absolute Gasteiger partial charge is 0.276 e. The number of amides is 1. The summed E-state index contributed by atoms with van der Waals surface area (Å²) in [5.74, 6) is 0.618. The second-order valence-electron chi connectivity index (χ2n) is 4.97. The van der Waals surface area contributed by atoms with Gasteiger partial charge in [0.05, 0.1) is 19.6 Å². The van der Waals surface area contributed by atoms with Gasteiger partial charge in [-0.1, -0.05) is 18.2 Å². The number of nitrogens with zero attached hydrogens (tertiary/aromatic N) is 1. The minimum Gasteiger partial charge on any atom is -0.493 e. The number of carbonyl (C=O) groups is 1. The fraction of sp³-hybridized carbons (Fsp3) is 0.118. The summed E-state index contributed by atoms with van der Waals surface area (Å²) in [6.07, 6.45) is 0. The fourth-order valence-corrected chi connectivity index (χ4v) is 2.39. The quantitative estimate of drug-likeness (QED) is 0.767. The number of rotatable bonds is 4. The zero-order valence-corrected chi connectivity index (χ0v) is 13.1. The number of hydrogen-bond donors (Lipinski definition) is 2. The number of hydrogen-bond acceptors (Lipinski definition) is 5. The molecule has 1 amide bonds. The van der Waals surface area contributed by atoms with Crippen molar-refractivity contribution in [2.75, 3.05) is 19.5 Å². The average molecular weight is 325 g/mol. The molecule has 0 bridgehead atoms. The van der Waals surface area contributed by atoms with Crippen LogP contribution in [0.1, 0.15) is 10.5 Å². The molecule has 2 aromatic carbocycles. The van der Waals surface area contributed by atoms with Gasteiger partial charge >= 0.3 is 0 Å². The second kappa shape index (κ2) is 6.41. The van der Waals surface area contributed by atoms with E-state index in [4.69, 9.17) is 9.47 Å². The number of aromatic amines is 1. The highest BCUT2D eigenvalue weighted by Crippen LogP contribution is 2.30. The van der Waals surface area contributed by atoms with Crippen molar-refractivity contribution in [3.8, 4) is 11.5 Å². The Balaban J connectivity index is 1.96. The maximum atomic E-state index is 12.5. The molecule has 0 atom stereocenters. The van der Waals surface area contributed by atoms with Gasteiger partial charge in [-0.2, -0.15) is 5.10 Å². The third kappa shape index (κ3) is 2.79. The van der Waals surface area contributed by atoms with Gasteiger partial charge in [0.2, 0.25) is 0 Å². The van der Waals surface area contributed by atoms with Crippen molar-refractivity contribution >= 4 is 22.4 Å². The van der Waals surface area contributed by atoms with Gasteiger partial charge < -0.3 is 14.8 Å². The van der Waals surface area contributed by atoms with Crippen LogP contribution >= 0.6 is 0 Å². The maximum absolute atomic E-state index is 12.5. The molecule has 0 spiro atoms. The number of benzene rings is 2. The van der Waals surface area contributed by atoms with E-state index < -0.39 is 5.91 Å². The van der Waals surface area contributed by atoms with E-state index in [2.05, 4.69) is 15.5 Å². The molecule has 1 aromatic heterocycles. The highest BCUT2D eigenvalue weighted by atomic mass is 16.5. The topological polar surface area (TPSA) is 93.3 Å². The molecule has 1 heterocycles. The van der Waals surface area contributed by atoms with Crippen LogP contribution in [0.4, 0.5) is 5.69 Å². The van der Waals surface area contributed by atoms with Gasteiger partial charge in [-0.05, 0) is 18.2 Å². The molecule has 7 nitrogen and oxygen atoms in total. The molecule has 0 saturated heterocycles. The Morgan fingerprint density at radius 1 is 1.04 bits per heavy atom. The highest BCUT2D eigenvalue weighted by molar-refractivity contribution is 6.11. The van der Waals surface area contributed by atoms with E-state index >= 15 is 0 Å². The van der Waals surface area contributed by atoms with Crippen molar-refractivity contribution in [2.45, 2.75) is 0 Å². The van der Waals surface area contributed by atoms with Crippen molar-refractivity contribution < 1.29 is 14.3 Å². The van der Waals surface area contributed by atoms with Gasteiger partial charge in [-0.3, -0.25) is 9.59 Å². The van der Waals surface area contributed by atoms with Crippen LogP contribution in [0.25, 0.3) is 10.8 Å². The highest BCUT2D eigenvalue weighted by Gasteiger charge is 2.15. The normalized spacial score (nSPS) is 10.4. The summed E-state index contributed by atoms with van der Waals surface area (Å²) < 4.78 is 10.4. The lowest BCUT2D eigenvalue weighted by Gasteiger charge is -2.11. The Bertz CT molecular complexity index is 965. The van der Waals surface area contributed by atoms with E-state index in [-0.39, 0.29) is 11.3 Å². The Kier molecular flexibility index (Phi) is 4.15. The van der Waals surface area contributed by atoms with Crippen molar-refractivity contribution in [3.05, 3.63) is 58.5 Å². The molecule has 24 heavy (non-hydrogen) atoms. The first-order valence-electron chi connectivity index (χ1n) is 7.15. The third-order valence-corrected chi connectivity index (χ3v) is 3.55. The SMILES string of the molecule is COc1ccc(NC(=O)c2n[nH]c(=O)c3ccccc23)cc1OC. The van der Waals surface area contributed by atoms with Crippen molar-refractivity contribution in [3.63, 3.8) is 0 Å². The first-order chi connectivity index (χ1) is 11.6. The van der Waals surface area contributed by atoms with Gasteiger partial charge in [0.1, 0.15) is 0 Å². The molecule has 2 N–H and O–H groups in total. The Hall–Kier alpha value is -3.35. The Morgan fingerprint density at radius 3 is 2.46 bits per heavy atom. The molecule has 0 unspecified atom stereocenters. The summed E-state index contributed by atoms with van der Waals surface area (Å²) in [5.41, 5.74) is 0.322. The lowest BCUT2D eigenvalue weighted by molar-refractivity contribution is 0.102. The first kappa shape index (κ1) is 15.5. The molecule has 0 saturated carbocycles. The summed E-state index contributed by atoms with van der Waals surface area (Å²) in [4.78, 5) is 24.3. The largest absolute Gasteiger partial charge is 0.493 e. The average Bonchev–Trinajstić information content (AvgIpc) is 2.62. The molecular weight excluding hydrogens is 310 g/mol. The molecule has 122 valence electrons. The van der Waals surface area contributed by atoms with Crippen LogP contribution in [0, 0.1) is 0 Å². The minimum absolute atomic E-state index is 0.139. The fourth-order valence-electron chi connectivity index (χ4n) is 2.39. The van der Waals surface area contributed by atoms with Crippen LogP contribution in [0.3, 0.4) is 0 Å². The molecule has 0 aliphatic rings. The standard InChI is InChI=1S/C17H15N3O4/c1-23-13-8-7-10(9-14(13)24-2)18-17(22)15-11-5-3-4-6-12(11)16(21)20-19-15/h3-9H,1-2H3,(H,18,22)(H,20,21). The summed E-state index contributed by atoms with van der Waals surface area (Å²) in [6.45, 7) is 0. The number of nitrogens with one attached hydrogen (secondary N) is 2. The summed E-state index contributed by atoms with van der Waals surface area (Å²) in [7, 11) is 3.05. The van der Waals surface area contributed by atoms with Gasteiger partial charge in [-0.25, -0.2) is 5.10 Å². The van der Waals surface area contributed by atoms with Crippen molar-refractivity contribution in [1.82, 2.24) is 10.2 Å². The molecule has 3 rings (SSSR count). The van der Waals surface area contributed by atoms with Crippen LogP contribution in [-0.4, -0.2) is 30.3 Å². The molecular formula is C17H15N3O4. The third-order valence-electron chi connectivity index (χ3n) is 3.55. The molecule has 0 aliphatic carbocycles. The molecule has 0 fully saturated rings. The number of ether oxygens (including phenoxy) is 2. The molecule has 3 aromatic rings. The summed E-state index contributed by atoms with van der Waals surface area (Å²) in [5, 5.41) is 9.84. The summed E-state index contributed by atoms with van der Waals surface area (Å²) in [6, 6.07) is 11.8. The maximum Gasteiger partial charge on any atom is 0.276 e. The lowest BCUT2D eigenvalue weighted by atomic mass is 10.1. The van der Waals surface area contributed by atoms with Crippen molar-refractivity contribution in [2.24, 2.45) is 0 Å². The number of methoxy groups -OCH3 is 2. The zero-order chi connectivity index (χ0) is 17.1. The molecule has 0 radical (unpaired) electrons. The van der Waals surface area contributed by atoms with E-state index in [1.165, 1.54) is 14.2 Å². The number of fused-ring (bicyclic) bond motifs is 1. The molecule has 0 aliphatic heterocycles. The van der Waals surface area contributed by atoms with Crippen molar-refractivity contribution in [1.29, 1.82) is 0 Å². The van der Waals surface area contributed by atoms with E-state index in [1.54, 1.807) is 42.5 Å². The number of anilines is 1. The van der Waals surface area contributed by atoms with E-state index in [1.807, 2.05) is 0 Å². The minimum atomic E-state index is -0.435. The van der Waals surface area contributed by atoms with Gasteiger partial charge in [0, 0.05) is 17.1 Å². The monoisotopic (exact) mass is 325 g/mol. The van der Waals surface area contributed by atoms with Crippen LogP contribution in [0.15, 0.2) is 47.3 Å². The number of H-pyrrole nitrogens is 1. The van der Waals surface area contributed by atoms with E-state index in [0.29, 0.717) is 28.0 Å². The predicted molar refractivity (Wildman–Crippen MR) is 89.9 cm³/mol. The van der Waals surface area contributed by atoms with E-state index in [9.17, 15) is 9.59 Å². The van der Waals surface area contributed by atoms with Crippen LogP contribution in [0.2, 0.25) is 0 Å². The van der Waals surface area contributed by atoms with Gasteiger partial charge in [-0.15, -0.1) is 0 Å². The lowest BCUT2D eigenvalue weighted by Crippen LogP contribution is -2.19. The zero-order valence-electron chi connectivity index (χ0n) is 13.1.